The van der Waals surface area contributed by atoms with Crippen molar-refractivity contribution >= 4 is 44.8 Å². The molecule has 1 aromatic heterocycles. The number of carbonyl (C=O) groups excluding carboxylic acids is 1. The second-order valence-corrected chi connectivity index (χ2v) is 11.5. The molecule has 0 spiro atoms. The molecule has 0 amide bonds. The number of aromatic nitrogens is 1. The molecule has 1 heterocycles. The summed E-state index contributed by atoms with van der Waals surface area (Å²) < 4.78 is 18.2. The minimum absolute atomic E-state index is 0.225. The van der Waals surface area contributed by atoms with Crippen LogP contribution < -0.4 is 5.32 Å². The number of aliphatic imine (C=N–C) groups is 1. The zero-order valence-electron chi connectivity index (χ0n) is 23.5. The standard InChI is InChI=1S/C23H30FN3S2.C6H12O2/c1-6-8-20(9-7-2)26-23-27-21(18-10-12-19(24)13-11-18)22(29-23)16(3)14-15-25-17(4)28-5;1-5(7)8-6(2,3)4/h10-15,20H,3,6-9H2,1-2,4-5H3,(H,26,27);1-4H3/b15-14-,25-17?;. The molecule has 0 radical (unpaired) electrons. The minimum atomic E-state index is -0.328. The van der Waals surface area contributed by atoms with E-state index < -0.39 is 0 Å². The van der Waals surface area contributed by atoms with Gasteiger partial charge in [-0.25, -0.2) is 9.37 Å². The molecule has 37 heavy (non-hydrogen) atoms. The Balaban J connectivity index is 0.000000738. The number of rotatable bonds is 10. The molecule has 8 heteroatoms. The van der Waals surface area contributed by atoms with Crippen LogP contribution in [-0.2, 0) is 9.53 Å². The minimum Gasteiger partial charge on any atom is -0.460 e. The number of anilines is 1. The number of nitrogens with one attached hydrogen (secondary N) is 1. The lowest BCUT2D eigenvalue weighted by molar-refractivity contribution is -0.151. The summed E-state index contributed by atoms with van der Waals surface area (Å²) >= 11 is 3.20. The Morgan fingerprint density at radius 2 is 1.81 bits per heavy atom. The summed E-state index contributed by atoms with van der Waals surface area (Å²) in [5.74, 6) is -0.479. The number of hydrogen-bond donors (Lipinski definition) is 1. The number of ether oxygens (including phenoxy) is 1. The largest absolute Gasteiger partial charge is 0.460 e. The van der Waals surface area contributed by atoms with Crippen LogP contribution in [0.2, 0.25) is 0 Å². The Bertz CT molecular complexity index is 1050. The molecule has 0 aliphatic heterocycles. The van der Waals surface area contributed by atoms with Gasteiger partial charge in [0.2, 0.25) is 0 Å². The van der Waals surface area contributed by atoms with Gasteiger partial charge in [-0.3, -0.25) is 9.79 Å². The predicted molar refractivity (Wildman–Crippen MR) is 161 cm³/mol. The van der Waals surface area contributed by atoms with Crippen LogP contribution in [0.5, 0.6) is 0 Å². The number of nitrogens with zero attached hydrogens (tertiary/aromatic N) is 2. The van der Waals surface area contributed by atoms with Crippen molar-refractivity contribution < 1.29 is 13.9 Å². The Morgan fingerprint density at radius 3 is 2.27 bits per heavy atom. The van der Waals surface area contributed by atoms with Gasteiger partial charge in [-0.05, 0) is 82.7 Å². The Morgan fingerprint density at radius 1 is 1.22 bits per heavy atom. The van der Waals surface area contributed by atoms with Crippen LogP contribution in [-0.4, -0.2) is 33.9 Å². The summed E-state index contributed by atoms with van der Waals surface area (Å²) in [5, 5.41) is 5.47. The van der Waals surface area contributed by atoms with Crippen LogP contribution in [0.1, 0.15) is 79.0 Å². The van der Waals surface area contributed by atoms with E-state index in [0.717, 1.165) is 57.6 Å². The zero-order chi connectivity index (χ0) is 28.0. The second-order valence-electron chi connectivity index (χ2n) is 9.52. The van der Waals surface area contributed by atoms with Gasteiger partial charge in [0.25, 0.3) is 0 Å². The molecular formula is C29H42FN3O2S2. The van der Waals surface area contributed by atoms with Gasteiger partial charge in [-0.15, -0.1) is 11.8 Å². The van der Waals surface area contributed by atoms with Gasteiger partial charge in [0, 0.05) is 24.7 Å². The molecule has 1 aromatic carbocycles. The quantitative estimate of drug-likeness (QED) is 0.139. The highest BCUT2D eigenvalue weighted by Gasteiger charge is 2.17. The normalized spacial score (nSPS) is 11.9. The molecule has 5 nitrogen and oxygen atoms in total. The van der Waals surface area contributed by atoms with Crippen LogP contribution in [0, 0.1) is 5.82 Å². The van der Waals surface area contributed by atoms with Crippen molar-refractivity contribution in [2.75, 3.05) is 11.6 Å². The summed E-state index contributed by atoms with van der Waals surface area (Å²) in [6.07, 6.45) is 10.1. The van der Waals surface area contributed by atoms with Gasteiger partial charge < -0.3 is 10.1 Å². The van der Waals surface area contributed by atoms with Crippen molar-refractivity contribution in [3.63, 3.8) is 0 Å². The van der Waals surface area contributed by atoms with E-state index in [1.165, 1.54) is 19.1 Å². The lowest BCUT2D eigenvalue weighted by Crippen LogP contribution is -2.21. The first-order chi connectivity index (χ1) is 17.4. The van der Waals surface area contributed by atoms with Crippen LogP contribution in [0.3, 0.4) is 0 Å². The summed E-state index contributed by atoms with van der Waals surface area (Å²) in [5.41, 5.74) is 2.22. The number of halogens is 1. The fourth-order valence-electron chi connectivity index (χ4n) is 3.35. The van der Waals surface area contributed by atoms with Crippen LogP contribution in [0.15, 0.2) is 48.1 Å². The first-order valence-corrected chi connectivity index (χ1v) is 14.6. The lowest BCUT2D eigenvalue weighted by Gasteiger charge is -2.17. The van der Waals surface area contributed by atoms with Gasteiger partial charge in [0.05, 0.1) is 15.6 Å². The van der Waals surface area contributed by atoms with Crippen molar-refractivity contribution in [3.8, 4) is 11.3 Å². The fourth-order valence-corrected chi connectivity index (χ4v) is 4.54. The monoisotopic (exact) mass is 547 g/mol. The van der Waals surface area contributed by atoms with Crippen molar-refractivity contribution in [1.82, 2.24) is 4.98 Å². The van der Waals surface area contributed by atoms with Gasteiger partial charge in [-0.1, -0.05) is 44.6 Å². The Labute approximate surface area is 230 Å². The third kappa shape index (κ3) is 13.1. The fraction of sp³-hybridized carbons (Fsp3) is 0.483. The van der Waals surface area contributed by atoms with Crippen LogP contribution in [0.25, 0.3) is 16.8 Å². The van der Waals surface area contributed by atoms with E-state index >= 15 is 0 Å². The molecule has 0 saturated carbocycles. The third-order valence-electron chi connectivity index (χ3n) is 4.92. The molecule has 2 aromatic rings. The summed E-state index contributed by atoms with van der Waals surface area (Å²) in [6.45, 7) is 17.5. The van der Waals surface area contributed by atoms with Crippen molar-refractivity contribution in [3.05, 3.63) is 53.8 Å². The average Bonchev–Trinajstić information content (AvgIpc) is 3.22. The SMILES string of the molecule is C=C(/C=C\N=C(C)SC)c1sc(NC(CCC)CCC)nc1-c1ccc(F)cc1.CC(=O)OC(C)(C)C. The molecule has 0 aliphatic carbocycles. The van der Waals surface area contributed by atoms with Gasteiger partial charge in [-0.2, -0.15) is 0 Å². The van der Waals surface area contributed by atoms with Crippen molar-refractivity contribution in [2.45, 2.75) is 85.8 Å². The van der Waals surface area contributed by atoms with E-state index in [2.05, 4.69) is 30.7 Å². The average molecular weight is 548 g/mol. The summed E-state index contributed by atoms with van der Waals surface area (Å²) in [6, 6.07) is 6.86. The molecule has 0 saturated heterocycles. The molecule has 0 aliphatic rings. The number of hydrogen-bond acceptors (Lipinski definition) is 7. The lowest BCUT2D eigenvalue weighted by atomic mass is 10.1. The zero-order valence-corrected chi connectivity index (χ0v) is 25.1. The summed E-state index contributed by atoms with van der Waals surface area (Å²) in [7, 11) is 0. The predicted octanol–water partition coefficient (Wildman–Crippen LogP) is 8.99. The number of allylic oxidation sites excluding steroid dienone is 2. The van der Waals surface area contributed by atoms with E-state index in [1.54, 1.807) is 41.4 Å². The van der Waals surface area contributed by atoms with E-state index in [0.29, 0.717) is 6.04 Å². The van der Waals surface area contributed by atoms with E-state index in [9.17, 15) is 9.18 Å². The smallest absolute Gasteiger partial charge is 0.303 e. The van der Waals surface area contributed by atoms with Crippen LogP contribution in [0.4, 0.5) is 9.52 Å². The van der Waals surface area contributed by atoms with Crippen molar-refractivity contribution in [2.24, 2.45) is 4.99 Å². The molecule has 0 unspecified atom stereocenters. The highest BCUT2D eigenvalue weighted by Crippen LogP contribution is 2.36. The maximum absolute atomic E-state index is 13.4. The highest BCUT2D eigenvalue weighted by molar-refractivity contribution is 8.13. The Kier molecular flexibility index (Phi) is 14.4. The molecule has 0 atom stereocenters. The Hall–Kier alpha value is -2.45. The molecule has 0 bridgehead atoms. The van der Waals surface area contributed by atoms with E-state index in [1.807, 2.05) is 40.0 Å². The van der Waals surface area contributed by atoms with Crippen LogP contribution >= 0.6 is 23.1 Å². The molecule has 1 N–H and O–H groups in total. The highest BCUT2D eigenvalue weighted by atomic mass is 32.2. The molecule has 2 rings (SSSR count). The maximum atomic E-state index is 13.4. The first kappa shape index (κ1) is 32.6. The molecule has 204 valence electrons. The topological polar surface area (TPSA) is 63.6 Å². The molecule has 0 fully saturated rings. The number of carbonyl (C=O) groups is 1. The molecular weight excluding hydrogens is 505 g/mol. The number of benzene rings is 1. The van der Waals surface area contributed by atoms with E-state index in [-0.39, 0.29) is 17.4 Å². The number of thioether (sulfide) groups is 1. The van der Waals surface area contributed by atoms with Crippen molar-refractivity contribution in [1.29, 1.82) is 0 Å². The summed E-state index contributed by atoms with van der Waals surface area (Å²) in [4.78, 5) is 20.4. The van der Waals surface area contributed by atoms with Gasteiger partial charge in [0.15, 0.2) is 5.13 Å². The van der Waals surface area contributed by atoms with E-state index in [4.69, 9.17) is 9.72 Å². The first-order valence-electron chi connectivity index (χ1n) is 12.6. The number of esters is 1. The number of thiazole rings is 1. The third-order valence-corrected chi connectivity index (χ3v) is 6.67. The van der Waals surface area contributed by atoms with Gasteiger partial charge in [0.1, 0.15) is 11.4 Å². The van der Waals surface area contributed by atoms with Gasteiger partial charge >= 0.3 is 5.97 Å². The second kappa shape index (κ2) is 16.4. The maximum Gasteiger partial charge on any atom is 0.303 e.